The molecule has 4 rings (SSSR count). The summed E-state index contributed by atoms with van der Waals surface area (Å²) in [5, 5.41) is 0. The standard InChI is InChI=1S/C20H25FN6O3/c1-24-17-16(18(28)23-20(24)29)27(11-12-30-2)19(22-17)26-9-7-25(8-10-26)13-14-3-5-15(21)6-4-14/h3-6H,7-13H2,1-2H3,(H,23,28,29). The summed E-state index contributed by atoms with van der Waals surface area (Å²) in [6.07, 6.45) is 0. The monoisotopic (exact) mass is 416 g/mol. The van der Waals surface area contributed by atoms with Gasteiger partial charge in [0.1, 0.15) is 5.82 Å². The summed E-state index contributed by atoms with van der Waals surface area (Å²) in [7, 11) is 3.20. The van der Waals surface area contributed by atoms with Crippen molar-refractivity contribution in [3.05, 3.63) is 56.5 Å². The van der Waals surface area contributed by atoms with Crippen LogP contribution in [-0.2, 0) is 24.9 Å². The molecule has 0 atom stereocenters. The number of aromatic nitrogens is 4. The molecular formula is C20H25FN6O3. The highest BCUT2D eigenvalue weighted by atomic mass is 19.1. The smallest absolute Gasteiger partial charge is 0.329 e. The molecule has 0 spiro atoms. The van der Waals surface area contributed by atoms with E-state index in [9.17, 15) is 14.0 Å². The summed E-state index contributed by atoms with van der Waals surface area (Å²) in [5.74, 6) is 0.429. The van der Waals surface area contributed by atoms with E-state index in [1.54, 1.807) is 26.3 Å². The third kappa shape index (κ3) is 3.88. The molecule has 9 nitrogen and oxygen atoms in total. The van der Waals surface area contributed by atoms with E-state index in [0.717, 1.165) is 38.3 Å². The lowest BCUT2D eigenvalue weighted by molar-refractivity contribution is 0.188. The van der Waals surface area contributed by atoms with Crippen molar-refractivity contribution in [3.8, 4) is 0 Å². The number of hydrogen-bond donors (Lipinski definition) is 1. The first-order chi connectivity index (χ1) is 14.5. The van der Waals surface area contributed by atoms with E-state index in [0.29, 0.717) is 30.3 Å². The van der Waals surface area contributed by atoms with Gasteiger partial charge in [-0.25, -0.2) is 9.18 Å². The summed E-state index contributed by atoms with van der Waals surface area (Å²) >= 11 is 0. The topological polar surface area (TPSA) is 88.4 Å². The number of ether oxygens (including phenoxy) is 1. The average molecular weight is 416 g/mol. The molecule has 0 bridgehead atoms. The van der Waals surface area contributed by atoms with Crippen LogP contribution < -0.4 is 16.1 Å². The number of aryl methyl sites for hydroxylation is 1. The summed E-state index contributed by atoms with van der Waals surface area (Å²) < 4.78 is 21.5. The number of aromatic amines is 1. The first-order valence-corrected chi connectivity index (χ1v) is 9.88. The zero-order valence-electron chi connectivity index (χ0n) is 17.1. The van der Waals surface area contributed by atoms with Crippen LogP contribution in [0.5, 0.6) is 0 Å². The highest BCUT2D eigenvalue weighted by molar-refractivity contribution is 5.74. The minimum atomic E-state index is -0.487. The Balaban J connectivity index is 1.58. The molecule has 0 aliphatic carbocycles. The van der Waals surface area contributed by atoms with Crippen LogP contribution in [-0.4, -0.2) is 63.9 Å². The van der Waals surface area contributed by atoms with E-state index < -0.39 is 11.2 Å². The number of anilines is 1. The fourth-order valence-corrected chi connectivity index (χ4v) is 3.81. The second-order valence-corrected chi connectivity index (χ2v) is 7.44. The molecule has 30 heavy (non-hydrogen) atoms. The fourth-order valence-electron chi connectivity index (χ4n) is 3.81. The fraction of sp³-hybridized carbons (Fsp3) is 0.450. The summed E-state index contributed by atoms with van der Waals surface area (Å²) in [5.41, 5.74) is 0.873. The predicted octanol–water partition coefficient (Wildman–Crippen LogP) is 0.531. The van der Waals surface area contributed by atoms with Gasteiger partial charge in [0, 0.05) is 53.4 Å². The van der Waals surface area contributed by atoms with Gasteiger partial charge in [-0.2, -0.15) is 4.98 Å². The Kier molecular flexibility index (Phi) is 5.69. The minimum Gasteiger partial charge on any atom is -0.383 e. The number of hydrogen-bond acceptors (Lipinski definition) is 6. The summed E-state index contributed by atoms with van der Waals surface area (Å²) in [4.78, 5) is 35.9. The number of benzene rings is 1. The Morgan fingerprint density at radius 1 is 1.13 bits per heavy atom. The second-order valence-electron chi connectivity index (χ2n) is 7.44. The zero-order valence-corrected chi connectivity index (χ0v) is 17.1. The molecule has 160 valence electrons. The number of methoxy groups -OCH3 is 1. The van der Waals surface area contributed by atoms with Crippen LogP contribution in [0.2, 0.25) is 0 Å². The Hall–Kier alpha value is -2.98. The predicted molar refractivity (Wildman–Crippen MR) is 111 cm³/mol. The van der Waals surface area contributed by atoms with Gasteiger partial charge in [-0.05, 0) is 17.7 Å². The first kappa shape index (κ1) is 20.3. The van der Waals surface area contributed by atoms with Crippen molar-refractivity contribution in [3.63, 3.8) is 0 Å². The largest absolute Gasteiger partial charge is 0.383 e. The number of fused-ring (bicyclic) bond motifs is 1. The summed E-state index contributed by atoms with van der Waals surface area (Å²) in [6, 6.07) is 6.56. The van der Waals surface area contributed by atoms with Crippen LogP contribution in [0.25, 0.3) is 11.2 Å². The van der Waals surface area contributed by atoms with Crippen LogP contribution in [0.4, 0.5) is 10.3 Å². The Morgan fingerprint density at radius 2 is 1.83 bits per heavy atom. The van der Waals surface area contributed by atoms with E-state index in [2.05, 4.69) is 19.8 Å². The van der Waals surface area contributed by atoms with Crippen LogP contribution >= 0.6 is 0 Å². The lowest BCUT2D eigenvalue weighted by atomic mass is 10.2. The van der Waals surface area contributed by atoms with Crippen LogP contribution in [0.15, 0.2) is 33.9 Å². The van der Waals surface area contributed by atoms with Crippen molar-refractivity contribution in [2.75, 3.05) is 44.8 Å². The van der Waals surface area contributed by atoms with Gasteiger partial charge >= 0.3 is 5.69 Å². The third-order valence-electron chi connectivity index (χ3n) is 5.48. The maximum absolute atomic E-state index is 13.1. The van der Waals surface area contributed by atoms with Gasteiger partial charge in [0.05, 0.1) is 6.61 Å². The number of rotatable bonds is 6. The van der Waals surface area contributed by atoms with Crippen molar-refractivity contribution in [1.82, 2.24) is 24.0 Å². The SMILES string of the molecule is COCCn1c(N2CCN(Cc3ccc(F)cc3)CC2)nc2c1c(=O)[nH]c(=O)n2C. The maximum Gasteiger partial charge on any atom is 0.329 e. The van der Waals surface area contributed by atoms with Crippen molar-refractivity contribution in [2.24, 2.45) is 7.05 Å². The Morgan fingerprint density at radius 3 is 2.50 bits per heavy atom. The molecule has 10 heteroatoms. The van der Waals surface area contributed by atoms with E-state index in [1.165, 1.54) is 16.7 Å². The second kappa shape index (κ2) is 8.41. The normalized spacial score (nSPS) is 15.2. The molecule has 2 aromatic heterocycles. The van der Waals surface area contributed by atoms with Gasteiger partial charge in [0.15, 0.2) is 11.2 Å². The van der Waals surface area contributed by atoms with E-state index in [4.69, 9.17) is 4.74 Å². The first-order valence-electron chi connectivity index (χ1n) is 9.88. The van der Waals surface area contributed by atoms with E-state index >= 15 is 0 Å². The van der Waals surface area contributed by atoms with Gasteiger partial charge in [-0.1, -0.05) is 12.1 Å². The van der Waals surface area contributed by atoms with Gasteiger partial charge in [-0.3, -0.25) is 19.2 Å². The lowest BCUT2D eigenvalue weighted by Gasteiger charge is -2.35. The molecule has 3 heterocycles. The molecule has 1 aliphatic rings. The van der Waals surface area contributed by atoms with Gasteiger partial charge in [0.2, 0.25) is 5.95 Å². The van der Waals surface area contributed by atoms with Crippen LogP contribution in [0, 0.1) is 5.82 Å². The highest BCUT2D eigenvalue weighted by Gasteiger charge is 2.24. The quantitative estimate of drug-likeness (QED) is 0.631. The molecule has 3 aromatic rings. The van der Waals surface area contributed by atoms with Crippen molar-refractivity contribution < 1.29 is 9.13 Å². The van der Waals surface area contributed by atoms with Crippen molar-refractivity contribution >= 4 is 17.1 Å². The molecule has 1 N–H and O–H groups in total. The van der Waals surface area contributed by atoms with Crippen molar-refractivity contribution in [2.45, 2.75) is 13.1 Å². The number of nitrogens with one attached hydrogen (secondary N) is 1. The molecule has 0 radical (unpaired) electrons. The molecule has 0 saturated carbocycles. The third-order valence-corrected chi connectivity index (χ3v) is 5.48. The molecule has 1 fully saturated rings. The van der Waals surface area contributed by atoms with E-state index in [-0.39, 0.29) is 5.82 Å². The van der Waals surface area contributed by atoms with Crippen molar-refractivity contribution in [1.29, 1.82) is 0 Å². The number of halogens is 1. The van der Waals surface area contributed by atoms with Crippen LogP contribution in [0.1, 0.15) is 5.56 Å². The number of piperazine rings is 1. The Bertz CT molecular complexity index is 1140. The highest BCUT2D eigenvalue weighted by Crippen LogP contribution is 2.21. The van der Waals surface area contributed by atoms with Crippen LogP contribution in [0.3, 0.4) is 0 Å². The van der Waals surface area contributed by atoms with E-state index in [1.807, 2.05) is 4.57 Å². The molecule has 1 aromatic carbocycles. The lowest BCUT2D eigenvalue weighted by Crippen LogP contribution is -2.47. The van der Waals surface area contributed by atoms with Gasteiger partial charge in [-0.15, -0.1) is 0 Å². The maximum atomic E-state index is 13.1. The molecule has 0 unspecified atom stereocenters. The molecule has 1 aliphatic heterocycles. The molecule has 0 amide bonds. The van der Waals surface area contributed by atoms with Gasteiger partial charge in [0.25, 0.3) is 5.56 Å². The summed E-state index contributed by atoms with van der Waals surface area (Å²) in [6.45, 7) is 4.69. The Labute approximate surface area is 172 Å². The minimum absolute atomic E-state index is 0.233. The molecule has 1 saturated heterocycles. The zero-order chi connectivity index (χ0) is 21.3. The van der Waals surface area contributed by atoms with Gasteiger partial charge < -0.3 is 14.2 Å². The average Bonchev–Trinajstić information content (AvgIpc) is 3.13. The number of H-pyrrole nitrogens is 1. The molecular weight excluding hydrogens is 391 g/mol. The number of imidazole rings is 1. The number of nitrogens with zero attached hydrogens (tertiary/aromatic N) is 5.